The van der Waals surface area contributed by atoms with Crippen molar-refractivity contribution in [2.45, 2.75) is 18.1 Å². The minimum Gasteiger partial charge on any atom is -0.497 e. The third kappa shape index (κ3) is 6.25. The van der Waals surface area contributed by atoms with E-state index in [0.717, 1.165) is 5.56 Å². The lowest BCUT2D eigenvalue weighted by molar-refractivity contribution is -0.113. The fourth-order valence-electron chi connectivity index (χ4n) is 2.98. The normalized spacial score (nSPS) is 11.7. The topological polar surface area (TPSA) is 118 Å². The highest BCUT2D eigenvalue weighted by molar-refractivity contribution is 7.99. The fraction of sp³-hybridized carbons (Fsp3) is 0.273. The first kappa shape index (κ1) is 24.6. The highest BCUT2D eigenvalue weighted by atomic mass is 35.5. The molecule has 3 rings (SSSR count). The summed E-state index contributed by atoms with van der Waals surface area (Å²) < 4.78 is 6.73. The Hall–Kier alpha value is -3.08. The van der Waals surface area contributed by atoms with Gasteiger partial charge in [-0.2, -0.15) is 0 Å². The van der Waals surface area contributed by atoms with Crippen molar-refractivity contribution in [3.8, 4) is 5.75 Å². The zero-order valence-electron chi connectivity index (χ0n) is 18.3. The molecule has 0 radical (unpaired) electrons. The van der Waals surface area contributed by atoms with Gasteiger partial charge in [0.1, 0.15) is 11.8 Å². The smallest absolute Gasteiger partial charge is 0.251 e. The molecule has 33 heavy (non-hydrogen) atoms. The lowest BCUT2D eigenvalue weighted by atomic mass is 10.2. The maximum absolute atomic E-state index is 12.6. The third-order valence-corrected chi connectivity index (χ3v) is 6.08. The standard InChI is InChI=1S/C22H24ClN5O4S/c1-13-4-7-15(23)10-17(13)24-19(30)12-33-22-27-26-20(28(22)2)18(11-29)25-21(31)14-5-8-16(32-3)9-6-14/h4-10,18,29H,11-12H2,1-3H3,(H,24,30)(H,25,31)/t18-/m1/s1. The molecule has 0 saturated heterocycles. The number of carbonyl (C=O) groups excluding carboxylic acids is 2. The zero-order chi connectivity index (χ0) is 24.0. The molecule has 3 N–H and O–H groups in total. The summed E-state index contributed by atoms with van der Waals surface area (Å²) in [5.41, 5.74) is 1.96. The van der Waals surface area contributed by atoms with Gasteiger partial charge in [-0.25, -0.2) is 0 Å². The van der Waals surface area contributed by atoms with Crippen LogP contribution in [0.2, 0.25) is 5.02 Å². The molecule has 0 bridgehead atoms. The Morgan fingerprint density at radius 3 is 2.61 bits per heavy atom. The van der Waals surface area contributed by atoms with Gasteiger partial charge in [0, 0.05) is 23.3 Å². The second-order valence-corrected chi connectivity index (χ2v) is 8.51. The summed E-state index contributed by atoms with van der Waals surface area (Å²) in [5, 5.41) is 24.6. The molecule has 174 valence electrons. The summed E-state index contributed by atoms with van der Waals surface area (Å²) in [6.45, 7) is 1.51. The minimum atomic E-state index is -0.769. The monoisotopic (exact) mass is 489 g/mol. The molecule has 2 amide bonds. The first-order chi connectivity index (χ1) is 15.8. The number of rotatable bonds is 9. The minimum absolute atomic E-state index is 0.0971. The molecule has 0 aliphatic rings. The summed E-state index contributed by atoms with van der Waals surface area (Å²) >= 11 is 7.18. The summed E-state index contributed by atoms with van der Waals surface area (Å²) in [7, 11) is 3.25. The highest BCUT2D eigenvalue weighted by Gasteiger charge is 2.22. The van der Waals surface area contributed by atoms with Crippen molar-refractivity contribution in [1.29, 1.82) is 0 Å². The first-order valence-electron chi connectivity index (χ1n) is 9.96. The van der Waals surface area contributed by atoms with Crippen LogP contribution in [0.1, 0.15) is 27.8 Å². The number of benzene rings is 2. The SMILES string of the molecule is COc1ccc(C(=O)N[C@H](CO)c2nnc(SCC(=O)Nc3cc(Cl)ccc3C)n2C)cc1. The number of aryl methyl sites for hydroxylation is 1. The molecular formula is C22H24ClN5O4S. The van der Waals surface area contributed by atoms with Crippen molar-refractivity contribution >= 4 is 40.9 Å². The van der Waals surface area contributed by atoms with E-state index in [1.165, 1.54) is 11.8 Å². The van der Waals surface area contributed by atoms with E-state index in [2.05, 4.69) is 20.8 Å². The number of amides is 2. The molecule has 1 heterocycles. The Labute approximate surface area is 200 Å². The lowest BCUT2D eigenvalue weighted by Crippen LogP contribution is -2.32. The van der Waals surface area contributed by atoms with Gasteiger partial charge in [0.2, 0.25) is 5.91 Å². The second kappa shape index (κ2) is 11.2. The predicted octanol–water partition coefficient (Wildman–Crippen LogP) is 2.98. The van der Waals surface area contributed by atoms with Gasteiger partial charge in [-0.05, 0) is 48.9 Å². The Balaban J connectivity index is 1.62. The molecule has 0 fully saturated rings. The quantitative estimate of drug-likeness (QED) is 0.395. The molecular weight excluding hydrogens is 466 g/mol. The second-order valence-electron chi connectivity index (χ2n) is 7.13. The average molecular weight is 490 g/mol. The number of hydrogen-bond donors (Lipinski definition) is 3. The van der Waals surface area contributed by atoms with Crippen molar-refractivity contribution in [3.05, 3.63) is 64.4 Å². The molecule has 3 aromatic rings. The largest absolute Gasteiger partial charge is 0.497 e. The first-order valence-corrected chi connectivity index (χ1v) is 11.3. The van der Waals surface area contributed by atoms with Crippen molar-refractivity contribution < 1.29 is 19.4 Å². The number of carbonyl (C=O) groups is 2. The number of anilines is 1. The number of hydrogen-bond acceptors (Lipinski definition) is 7. The van der Waals surface area contributed by atoms with Crippen molar-refractivity contribution in [2.75, 3.05) is 24.8 Å². The number of methoxy groups -OCH3 is 1. The highest BCUT2D eigenvalue weighted by Crippen LogP contribution is 2.23. The van der Waals surface area contributed by atoms with Gasteiger partial charge in [-0.3, -0.25) is 9.59 Å². The van der Waals surface area contributed by atoms with Gasteiger partial charge in [-0.1, -0.05) is 29.4 Å². The van der Waals surface area contributed by atoms with Crippen LogP contribution < -0.4 is 15.4 Å². The van der Waals surface area contributed by atoms with Crippen LogP contribution in [-0.2, 0) is 11.8 Å². The third-order valence-electron chi connectivity index (χ3n) is 4.83. The number of aliphatic hydroxyl groups is 1. The maximum Gasteiger partial charge on any atom is 0.251 e. The van der Waals surface area contributed by atoms with E-state index in [9.17, 15) is 14.7 Å². The lowest BCUT2D eigenvalue weighted by Gasteiger charge is -2.16. The Morgan fingerprint density at radius 2 is 1.94 bits per heavy atom. The van der Waals surface area contributed by atoms with Gasteiger partial charge >= 0.3 is 0 Å². The molecule has 2 aromatic carbocycles. The number of halogens is 1. The predicted molar refractivity (Wildman–Crippen MR) is 127 cm³/mol. The summed E-state index contributed by atoms with van der Waals surface area (Å²) in [4.78, 5) is 24.9. The van der Waals surface area contributed by atoms with E-state index in [4.69, 9.17) is 16.3 Å². The van der Waals surface area contributed by atoms with Crippen LogP contribution in [0.5, 0.6) is 5.75 Å². The number of aromatic nitrogens is 3. The fourth-order valence-corrected chi connectivity index (χ4v) is 3.87. The van der Waals surface area contributed by atoms with Crippen LogP contribution in [0, 0.1) is 6.92 Å². The summed E-state index contributed by atoms with van der Waals surface area (Å²) in [6.07, 6.45) is 0. The van der Waals surface area contributed by atoms with E-state index in [1.807, 2.05) is 13.0 Å². The molecule has 1 aromatic heterocycles. The number of thioether (sulfide) groups is 1. The van der Waals surface area contributed by atoms with E-state index in [-0.39, 0.29) is 24.2 Å². The van der Waals surface area contributed by atoms with E-state index < -0.39 is 6.04 Å². The Kier molecular flexibility index (Phi) is 8.32. The van der Waals surface area contributed by atoms with Crippen LogP contribution in [0.4, 0.5) is 5.69 Å². The Morgan fingerprint density at radius 1 is 1.21 bits per heavy atom. The van der Waals surface area contributed by atoms with Gasteiger partial charge in [0.05, 0.1) is 19.5 Å². The average Bonchev–Trinajstić information content (AvgIpc) is 3.18. The van der Waals surface area contributed by atoms with E-state index in [1.54, 1.807) is 55.1 Å². The number of ether oxygens (including phenoxy) is 1. The van der Waals surface area contributed by atoms with Crippen LogP contribution in [0.15, 0.2) is 47.6 Å². The molecule has 9 nitrogen and oxygen atoms in total. The zero-order valence-corrected chi connectivity index (χ0v) is 19.9. The van der Waals surface area contributed by atoms with Crippen LogP contribution in [0.25, 0.3) is 0 Å². The molecule has 11 heteroatoms. The van der Waals surface area contributed by atoms with Crippen LogP contribution in [0.3, 0.4) is 0 Å². The molecule has 0 saturated carbocycles. The van der Waals surface area contributed by atoms with Gasteiger partial charge in [0.15, 0.2) is 11.0 Å². The van der Waals surface area contributed by atoms with Crippen molar-refractivity contribution in [2.24, 2.45) is 7.05 Å². The maximum atomic E-state index is 12.6. The van der Waals surface area contributed by atoms with Gasteiger partial charge in [0.25, 0.3) is 5.91 Å². The van der Waals surface area contributed by atoms with E-state index in [0.29, 0.717) is 33.0 Å². The molecule has 0 aliphatic carbocycles. The Bertz CT molecular complexity index is 1140. The number of aliphatic hydroxyl groups excluding tert-OH is 1. The summed E-state index contributed by atoms with van der Waals surface area (Å²) in [6, 6.07) is 11.1. The molecule has 0 unspecified atom stereocenters. The number of nitrogens with zero attached hydrogens (tertiary/aromatic N) is 3. The van der Waals surface area contributed by atoms with Gasteiger partial charge in [-0.15, -0.1) is 10.2 Å². The van der Waals surface area contributed by atoms with E-state index >= 15 is 0 Å². The number of nitrogens with one attached hydrogen (secondary N) is 2. The molecule has 1 atom stereocenters. The van der Waals surface area contributed by atoms with Crippen molar-refractivity contribution in [1.82, 2.24) is 20.1 Å². The van der Waals surface area contributed by atoms with Gasteiger partial charge < -0.3 is 25.0 Å². The van der Waals surface area contributed by atoms with Crippen molar-refractivity contribution in [3.63, 3.8) is 0 Å². The molecule has 0 aliphatic heterocycles. The summed E-state index contributed by atoms with van der Waals surface area (Å²) in [5.74, 6) is 0.509. The molecule has 0 spiro atoms. The van der Waals surface area contributed by atoms with Crippen LogP contribution in [-0.4, -0.2) is 51.2 Å². The van der Waals surface area contributed by atoms with Crippen LogP contribution >= 0.6 is 23.4 Å².